The molecule has 0 unspecified atom stereocenters. The van der Waals surface area contributed by atoms with Gasteiger partial charge in [-0.05, 0) is 0 Å². The quantitative estimate of drug-likeness (QED) is 0.385. The van der Waals surface area contributed by atoms with Gasteiger partial charge in [-0.2, -0.15) is 0 Å². The second-order valence-electron chi connectivity index (χ2n) is 1.50. The van der Waals surface area contributed by atoms with Gasteiger partial charge in [-0.15, -0.1) is 0 Å². The molecule has 0 aliphatic carbocycles. The molecule has 1 fully saturated rings. The van der Waals surface area contributed by atoms with Gasteiger partial charge in [-0.25, -0.2) is 0 Å². The van der Waals surface area contributed by atoms with Crippen LogP contribution in [0.15, 0.2) is 0 Å². The van der Waals surface area contributed by atoms with E-state index < -0.39 is 0 Å². The zero-order valence-corrected chi connectivity index (χ0v) is 6.83. The Hall–Kier alpha value is -0.320. The molecule has 0 radical (unpaired) electrons. The molecule has 0 amide bonds. The Labute approximate surface area is 70.8 Å². The summed E-state index contributed by atoms with van der Waals surface area (Å²) in [7, 11) is 0. The first kappa shape index (κ1) is 41.3. The maximum Gasteiger partial charge on any atom is 0.00772 e. The summed E-state index contributed by atoms with van der Waals surface area (Å²) in [5.41, 5.74) is 0. The van der Waals surface area contributed by atoms with E-state index in [1.807, 2.05) is 0 Å². The largest absolute Gasteiger partial charge is 0.412 e. The zero-order chi connectivity index (χ0) is 4.24. The van der Waals surface area contributed by atoms with E-state index in [2.05, 4.69) is 10.6 Å². The van der Waals surface area contributed by atoms with Gasteiger partial charge in [-0.1, -0.05) is 0 Å². The molecule has 0 saturated carbocycles. The Morgan fingerprint density at radius 2 is 0.583 bits per heavy atom. The predicted octanol–water partition coefficient (Wildman–Crippen LogP) is -5.77. The van der Waals surface area contributed by atoms with Gasteiger partial charge in [0.05, 0.1) is 0 Å². The molecule has 1 aliphatic heterocycles. The normalized spacial score (nSPS) is 12.0. The van der Waals surface area contributed by atoms with Crippen molar-refractivity contribution in [1.82, 2.24) is 10.6 Å². The molecule has 0 aromatic carbocycles. The molecular weight excluding hydrogens is 172 g/mol. The van der Waals surface area contributed by atoms with Crippen LogP contribution in [0.25, 0.3) is 0 Å². The third-order valence-corrected chi connectivity index (χ3v) is 0.957. The summed E-state index contributed by atoms with van der Waals surface area (Å²) in [5, 5.41) is 6.44. The van der Waals surface area contributed by atoms with Crippen molar-refractivity contribution in [3.8, 4) is 0 Å². The van der Waals surface area contributed by atoms with Crippen LogP contribution in [0.1, 0.15) is 0 Å². The summed E-state index contributed by atoms with van der Waals surface area (Å²) in [6.45, 7) is 4.56. The molecule has 14 N–H and O–H groups in total. The van der Waals surface area contributed by atoms with E-state index in [1.54, 1.807) is 0 Å². The Bertz CT molecular complexity index is 33.0. The number of nitrogens with one attached hydrogen (secondary N) is 2. The van der Waals surface area contributed by atoms with Crippen LogP contribution in [0, 0.1) is 0 Å². The monoisotopic (exact) mass is 194 g/mol. The van der Waals surface area contributed by atoms with Crippen LogP contribution in [0.2, 0.25) is 0 Å². The minimum atomic E-state index is 0. The van der Waals surface area contributed by atoms with Crippen LogP contribution >= 0.6 is 0 Å². The molecule has 0 bridgehead atoms. The highest BCUT2D eigenvalue weighted by Crippen LogP contribution is 1.65. The summed E-state index contributed by atoms with van der Waals surface area (Å²) in [4.78, 5) is 0. The lowest BCUT2D eigenvalue weighted by atomic mass is 10.4. The van der Waals surface area contributed by atoms with Crippen molar-refractivity contribution in [3.63, 3.8) is 0 Å². The second-order valence-corrected chi connectivity index (χ2v) is 1.50. The number of hydrogen-bond donors (Lipinski definition) is 2. The number of rotatable bonds is 0. The van der Waals surface area contributed by atoms with Crippen LogP contribution in [-0.2, 0) is 0 Å². The van der Waals surface area contributed by atoms with Crippen molar-refractivity contribution >= 4 is 0 Å². The van der Waals surface area contributed by atoms with Crippen molar-refractivity contribution in [2.24, 2.45) is 0 Å². The summed E-state index contributed by atoms with van der Waals surface area (Å²) in [6.07, 6.45) is 0. The molecule has 8 nitrogen and oxygen atoms in total. The minimum Gasteiger partial charge on any atom is -0.412 e. The van der Waals surface area contributed by atoms with Crippen molar-refractivity contribution in [2.45, 2.75) is 0 Å². The van der Waals surface area contributed by atoms with E-state index in [1.165, 1.54) is 0 Å². The molecular formula is C4H22N2O6. The van der Waals surface area contributed by atoms with Crippen molar-refractivity contribution in [3.05, 3.63) is 0 Å². The van der Waals surface area contributed by atoms with Crippen LogP contribution in [0.3, 0.4) is 0 Å². The van der Waals surface area contributed by atoms with Crippen LogP contribution in [0.4, 0.5) is 0 Å². The fourth-order valence-corrected chi connectivity index (χ4v) is 0.604. The molecule has 8 heteroatoms. The van der Waals surface area contributed by atoms with Crippen molar-refractivity contribution in [1.29, 1.82) is 0 Å². The van der Waals surface area contributed by atoms with Crippen LogP contribution in [-0.4, -0.2) is 59.0 Å². The highest BCUT2D eigenvalue weighted by atomic mass is 16.0. The fourth-order valence-electron chi connectivity index (χ4n) is 0.604. The van der Waals surface area contributed by atoms with Gasteiger partial charge in [0.2, 0.25) is 0 Å². The van der Waals surface area contributed by atoms with Gasteiger partial charge in [0.25, 0.3) is 0 Å². The fraction of sp³-hybridized carbons (Fsp3) is 1.00. The first-order valence-corrected chi connectivity index (χ1v) is 2.41. The molecule has 0 spiro atoms. The molecule has 1 heterocycles. The predicted molar refractivity (Wildman–Crippen MR) is 47.4 cm³/mol. The van der Waals surface area contributed by atoms with E-state index in [-0.39, 0.29) is 32.9 Å². The molecule has 1 saturated heterocycles. The molecule has 84 valence electrons. The van der Waals surface area contributed by atoms with Gasteiger partial charge >= 0.3 is 0 Å². The van der Waals surface area contributed by atoms with Crippen LogP contribution in [0.5, 0.6) is 0 Å². The molecule has 0 aromatic rings. The van der Waals surface area contributed by atoms with Gasteiger partial charge in [0.15, 0.2) is 0 Å². The summed E-state index contributed by atoms with van der Waals surface area (Å²) in [6, 6.07) is 0. The standard InChI is InChI=1S/C4H10N2.6H2O/c1-2-6-4-3-5-1;;;;;;/h5-6H,1-4H2;6*1H2. The molecule has 1 rings (SSSR count). The third kappa shape index (κ3) is 22.6. The lowest BCUT2D eigenvalue weighted by Crippen LogP contribution is -2.39. The lowest BCUT2D eigenvalue weighted by Gasteiger charge is -2.11. The average molecular weight is 194 g/mol. The molecule has 12 heavy (non-hydrogen) atoms. The van der Waals surface area contributed by atoms with Crippen LogP contribution < -0.4 is 10.6 Å². The SMILES string of the molecule is C1CNCCN1.O.O.O.O.O.O. The number of piperazine rings is 1. The first-order valence-electron chi connectivity index (χ1n) is 2.41. The topological polar surface area (TPSA) is 213 Å². The Balaban J connectivity index is -0.0000000150. The lowest BCUT2D eigenvalue weighted by molar-refractivity contribution is 0.534. The van der Waals surface area contributed by atoms with Gasteiger partial charge in [-0.3, -0.25) is 0 Å². The average Bonchev–Trinajstić information content (AvgIpc) is 1.72. The third-order valence-electron chi connectivity index (χ3n) is 0.957. The zero-order valence-electron chi connectivity index (χ0n) is 6.83. The summed E-state index contributed by atoms with van der Waals surface area (Å²) >= 11 is 0. The highest BCUT2D eigenvalue weighted by molar-refractivity contribution is 4.59. The maximum absolute atomic E-state index is 3.22. The smallest absolute Gasteiger partial charge is 0.00772 e. The Morgan fingerprint density at radius 3 is 0.667 bits per heavy atom. The van der Waals surface area contributed by atoms with E-state index >= 15 is 0 Å². The van der Waals surface area contributed by atoms with E-state index in [0.29, 0.717) is 0 Å². The molecule has 1 aliphatic rings. The van der Waals surface area contributed by atoms with Gasteiger partial charge < -0.3 is 43.5 Å². The maximum atomic E-state index is 3.22. The summed E-state index contributed by atoms with van der Waals surface area (Å²) in [5.74, 6) is 0. The minimum absolute atomic E-state index is 0. The Morgan fingerprint density at radius 1 is 0.417 bits per heavy atom. The second kappa shape index (κ2) is 31.0. The van der Waals surface area contributed by atoms with Gasteiger partial charge in [0.1, 0.15) is 0 Å². The van der Waals surface area contributed by atoms with Gasteiger partial charge in [0, 0.05) is 26.2 Å². The summed E-state index contributed by atoms with van der Waals surface area (Å²) < 4.78 is 0. The highest BCUT2D eigenvalue weighted by Gasteiger charge is 1.91. The number of hydrogen-bond acceptors (Lipinski definition) is 2. The van der Waals surface area contributed by atoms with E-state index in [0.717, 1.165) is 26.2 Å². The van der Waals surface area contributed by atoms with Crippen molar-refractivity contribution in [2.75, 3.05) is 26.2 Å². The molecule has 0 atom stereocenters. The van der Waals surface area contributed by atoms with Crippen molar-refractivity contribution < 1.29 is 32.9 Å². The molecule has 0 aromatic heterocycles. The van der Waals surface area contributed by atoms with E-state index in [9.17, 15) is 0 Å². The Kier molecular flexibility index (Phi) is 107. The van der Waals surface area contributed by atoms with E-state index in [4.69, 9.17) is 0 Å². The first-order chi connectivity index (χ1) is 3.00.